The van der Waals surface area contributed by atoms with Crippen LogP contribution in [0.5, 0.6) is 0 Å². The fourth-order valence-electron chi connectivity index (χ4n) is 2.19. The molecule has 0 aliphatic carbocycles. The number of hydrogen-bond acceptors (Lipinski definition) is 4. The summed E-state index contributed by atoms with van der Waals surface area (Å²) in [7, 11) is 0. The lowest BCUT2D eigenvalue weighted by Gasteiger charge is -2.09. The molecule has 0 aliphatic heterocycles. The second-order valence-electron chi connectivity index (χ2n) is 4.92. The summed E-state index contributed by atoms with van der Waals surface area (Å²) in [6, 6.07) is 11.9. The van der Waals surface area contributed by atoms with Gasteiger partial charge in [0.15, 0.2) is 0 Å². The van der Waals surface area contributed by atoms with Crippen molar-refractivity contribution < 1.29 is 0 Å². The predicted octanol–water partition coefficient (Wildman–Crippen LogP) is 3.08. The van der Waals surface area contributed by atoms with E-state index >= 15 is 0 Å². The Bertz CT molecular complexity index is 733. The van der Waals surface area contributed by atoms with E-state index < -0.39 is 0 Å². The minimum atomic E-state index is 0.666. The Morgan fingerprint density at radius 1 is 1.05 bits per heavy atom. The molecular formula is C16H17N5. The van der Waals surface area contributed by atoms with Crippen LogP contribution in [0.3, 0.4) is 0 Å². The molecule has 0 saturated carbocycles. The van der Waals surface area contributed by atoms with Crippen molar-refractivity contribution in [2.75, 3.05) is 5.32 Å². The first kappa shape index (κ1) is 13.3. The van der Waals surface area contributed by atoms with Crippen molar-refractivity contribution in [1.29, 1.82) is 0 Å². The van der Waals surface area contributed by atoms with Crippen molar-refractivity contribution in [3.05, 3.63) is 66.0 Å². The van der Waals surface area contributed by atoms with E-state index in [-0.39, 0.29) is 0 Å². The molecule has 0 amide bonds. The number of aryl methyl sites for hydroxylation is 2. The number of benzene rings is 1. The third kappa shape index (κ3) is 3.25. The highest BCUT2D eigenvalue weighted by atomic mass is 15.2. The van der Waals surface area contributed by atoms with Crippen LogP contribution < -0.4 is 5.32 Å². The quantitative estimate of drug-likeness (QED) is 0.797. The lowest BCUT2D eigenvalue weighted by Crippen LogP contribution is -2.06. The fraction of sp³-hybridized carbons (Fsp3) is 0.188. The lowest BCUT2D eigenvalue weighted by molar-refractivity contribution is 0.770. The van der Waals surface area contributed by atoms with E-state index in [1.54, 1.807) is 6.20 Å². The molecule has 1 aromatic carbocycles. The Morgan fingerprint density at radius 2 is 1.86 bits per heavy atom. The first-order valence-corrected chi connectivity index (χ1v) is 6.85. The van der Waals surface area contributed by atoms with Crippen molar-refractivity contribution in [3.8, 4) is 0 Å². The van der Waals surface area contributed by atoms with Crippen LogP contribution in [0.25, 0.3) is 0 Å². The van der Waals surface area contributed by atoms with E-state index in [0.717, 1.165) is 28.8 Å². The van der Waals surface area contributed by atoms with Crippen molar-refractivity contribution in [1.82, 2.24) is 19.5 Å². The number of rotatable bonds is 4. The molecule has 0 atom stereocenters. The molecule has 0 spiro atoms. The maximum absolute atomic E-state index is 4.53. The number of nitrogens with zero attached hydrogens (tertiary/aromatic N) is 4. The monoisotopic (exact) mass is 279 g/mol. The molecule has 0 saturated heterocycles. The summed E-state index contributed by atoms with van der Waals surface area (Å²) in [5, 5.41) is 3.34. The zero-order valence-electron chi connectivity index (χ0n) is 12.1. The van der Waals surface area contributed by atoms with Gasteiger partial charge < -0.3 is 9.88 Å². The van der Waals surface area contributed by atoms with Gasteiger partial charge in [0.05, 0.1) is 17.9 Å². The molecule has 0 bridgehead atoms. The average molecular weight is 279 g/mol. The van der Waals surface area contributed by atoms with E-state index in [9.17, 15) is 0 Å². The van der Waals surface area contributed by atoms with Crippen molar-refractivity contribution >= 4 is 11.6 Å². The number of nitrogens with one attached hydrogen (secondary N) is 1. The fourth-order valence-corrected chi connectivity index (χ4v) is 2.19. The van der Waals surface area contributed by atoms with Crippen molar-refractivity contribution in [3.63, 3.8) is 0 Å². The number of para-hydroxylation sites is 1. The van der Waals surface area contributed by atoms with Crippen LogP contribution in [0, 0.1) is 13.8 Å². The Balaban J connectivity index is 1.86. The minimum Gasteiger partial charge on any atom is -0.326 e. The van der Waals surface area contributed by atoms with Crippen LogP contribution in [0.2, 0.25) is 0 Å². The summed E-state index contributed by atoms with van der Waals surface area (Å²) in [5.41, 5.74) is 2.96. The standard InChI is InChI=1S/C16H17N5/c1-12-10-21(11-15-8-9-17-13(2)19-15)16(18-12)20-14-6-4-3-5-7-14/h3-10H,11H2,1-2H3,(H,18,20). The Hall–Kier alpha value is -2.69. The van der Waals surface area contributed by atoms with Gasteiger partial charge in [0.2, 0.25) is 5.95 Å². The molecule has 0 aliphatic rings. The number of hydrogen-bond donors (Lipinski definition) is 1. The summed E-state index contributed by atoms with van der Waals surface area (Å²) in [5.74, 6) is 1.59. The molecule has 0 unspecified atom stereocenters. The Labute approximate surface area is 123 Å². The molecule has 0 radical (unpaired) electrons. The molecule has 21 heavy (non-hydrogen) atoms. The van der Waals surface area contributed by atoms with Gasteiger partial charge in [-0.2, -0.15) is 0 Å². The summed E-state index contributed by atoms with van der Waals surface area (Å²) >= 11 is 0. The van der Waals surface area contributed by atoms with E-state index in [4.69, 9.17) is 0 Å². The van der Waals surface area contributed by atoms with Crippen molar-refractivity contribution in [2.24, 2.45) is 0 Å². The summed E-state index contributed by atoms with van der Waals surface area (Å²) < 4.78 is 2.06. The van der Waals surface area contributed by atoms with Crippen LogP contribution in [0.4, 0.5) is 11.6 Å². The van der Waals surface area contributed by atoms with Crippen LogP contribution >= 0.6 is 0 Å². The van der Waals surface area contributed by atoms with Gasteiger partial charge in [-0.15, -0.1) is 0 Å². The third-order valence-electron chi connectivity index (χ3n) is 3.09. The minimum absolute atomic E-state index is 0.666. The van der Waals surface area contributed by atoms with Gasteiger partial charge in [-0.1, -0.05) is 18.2 Å². The molecule has 2 aromatic heterocycles. The van der Waals surface area contributed by atoms with Gasteiger partial charge in [-0.25, -0.2) is 15.0 Å². The second kappa shape index (κ2) is 5.75. The summed E-state index contributed by atoms with van der Waals surface area (Å²) in [4.78, 5) is 13.1. The normalized spacial score (nSPS) is 10.6. The lowest BCUT2D eigenvalue weighted by atomic mass is 10.3. The van der Waals surface area contributed by atoms with Crippen LogP contribution in [0.1, 0.15) is 17.2 Å². The molecule has 106 valence electrons. The number of anilines is 2. The van der Waals surface area contributed by atoms with Gasteiger partial charge in [0.1, 0.15) is 5.82 Å². The largest absolute Gasteiger partial charge is 0.326 e. The van der Waals surface area contributed by atoms with E-state index in [2.05, 4.69) is 24.8 Å². The predicted molar refractivity (Wildman–Crippen MR) is 82.6 cm³/mol. The highest BCUT2D eigenvalue weighted by Gasteiger charge is 2.07. The third-order valence-corrected chi connectivity index (χ3v) is 3.09. The molecule has 1 N–H and O–H groups in total. The maximum atomic E-state index is 4.53. The number of aromatic nitrogens is 4. The molecule has 3 aromatic rings. The first-order chi connectivity index (χ1) is 10.2. The van der Waals surface area contributed by atoms with E-state index in [0.29, 0.717) is 6.54 Å². The maximum Gasteiger partial charge on any atom is 0.207 e. The SMILES string of the molecule is Cc1cn(Cc2ccnc(C)n2)c(Nc2ccccc2)n1. The molecule has 3 rings (SSSR count). The second-order valence-corrected chi connectivity index (χ2v) is 4.92. The van der Waals surface area contributed by atoms with Gasteiger partial charge in [0.25, 0.3) is 0 Å². The van der Waals surface area contributed by atoms with Crippen LogP contribution in [0.15, 0.2) is 48.8 Å². The van der Waals surface area contributed by atoms with E-state index in [1.807, 2.05) is 56.4 Å². The number of imidazole rings is 1. The summed E-state index contributed by atoms with van der Waals surface area (Å²) in [6.45, 7) is 4.54. The molecule has 2 heterocycles. The van der Waals surface area contributed by atoms with Gasteiger partial charge in [0, 0.05) is 18.1 Å². The Kier molecular flexibility index (Phi) is 3.64. The van der Waals surface area contributed by atoms with Gasteiger partial charge >= 0.3 is 0 Å². The smallest absolute Gasteiger partial charge is 0.207 e. The Morgan fingerprint density at radius 3 is 2.62 bits per heavy atom. The van der Waals surface area contributed by atoms with Crippen LogP contribution in [-0.2, 0) is 6.54 Å². The first-order valence-electron chi connectivity index (χ1n) is 6.85. The molecule has 0 fully saturated rings. The average Bonchev–Trinajstić information content (AvgIpc) is 2.80. The van der Waals surface area contributed by atoms with Gasteiger partial charge in [-0.05, 0) is 32.0 Å². The zero-order chi connectivity index (χ0) is 14.7. The van der Waals surface area contributed by atoms with Gasteiger partial charge in [-0.3, -0.25) is 0 Å². The zero-order valence-corrected chi connectivity index (χ0v) is 12.1. The molecular weight excluding hydrogens is 262 g/mol. The molecule has 5 heteroatoms. The van der Waals surface area contributed by atoms with Crippen molar-refractivity contribution in [2.45, 2.75) is 20.4 Å². The van der Waals surface area contributed by atoms with Crippen LogP contribution in [-0.4, -0.2) is 19.5 Å². The highest BCUT2D eigenvalue weighted by molar-refractivity contribution is 5.53. The summed E-state index contributed by atoms with van der Waals surface area (Å²) in [6.07, 6.45) is 3.80. The molecule has 5 nitrogen and oxygen atoms in total. The highest BCUT2D eigenvalue weighted by Crippen LogP contribution is 2.17. The topological polar surface area (TPSA) is 55.6 Å². The van der Waals surface area contributed by atoms with E-state index in [1.165, 1.54) is 0 Å².